The van der Waals surface area contributed by atoms with Crippen molar-refractivity contribution in [3.8, 4) is 22.9 Å². The molecule has 0 saturated carbocycles. The van der Waals surface area contributed by atoms with Gasteiger partial charge in [-0.1, -0.05) is 0 Å². The summed E-state index contributed by atoms with van der Waals surface area (Å²) in [6, 6.07) is 0. The van der Waals surface area contributed by atoms with Crippen molar-refractivity contribution < 1.29 is 17.9 Å². The molecule has 0 amide bonds. The van der Waals surface area contributed by atoms with Crippen LogP contribution in [0, 0.1) is 0 Å². The van der Waals surface area contributed by atoms with E-state index in [0.29, 0.717) is 23.6 Å². The summed E-state index contributed by atoms with van der Waals surface area (Å²) in [4.78, 5) is 19.8. The lowest BCUT2D eigenvalue weighted by Gasteiger charge is -2.22. The van der Waals surface area contributed by atoms with Gasteiger partial charge in [0.15, 0.2) is 5.82 Å². The van der Waals surface area contributed by atoms with Crippen LogP contribution in [0.2, 0.25) is 0 Å². The number of aromatic amines is 2. The molecule has 2 unspecified atom stereocenters. The van der Waals surface area contributed by atoms with Gasteiger partial charge in [-0.05, 0) is 12.8 Å². The van der Waals surface area contributed by atoms with Crippen molar-refractivity contribution in [2.45, 2.75) is 37.6 Å². The Kier molecular flexibility index (Phi) is 3.23. The molecule has 2 bridgehead atoms. The number of nitrogens with zero attached hydrogens (tertiary/aromatic N) is 6. The molecule has 0 spiro atoms. The fraction of sp³-hybridized carbons (Fsp3) is 0.353. The van der Waals surface area contributed by atoms with Crippen LogP contribution in [0.1, 0.15) is 36.0 Å². The van der Waals surface area contributed by atoms with Gasteiger partial charge < -0.3 is 9.72 Å². The monoisotopic (exact) mass is 402 g/mol. The van der Waals surface area contributed by atoms with E-state index in [2.05, 4.69) is 35.1 Å². The van der Waals surface area contributed by atoms with Crippen LogP contribution < -0.4 is 0 Å². The van der Waals surface area contributed by atoms with Crippen LogP contribution in [-0.4, -0.2) is 45.6 Å². The van der Waals surface area contributed by atoms with Gasteiger partial charge in [0.2, 0.25) is 5.78 Å². The Morgan fingerprint density at radius 3 is 2.83 bits per heavy atom. The lowest BCUT2D eigenvalue weighted by Crippen LogP contribution is -2.20. The maximum Gasteiger partial charge on any atom is 0.453 e. The van der Waals surface area contributed by atoms with E-state index in [9.17, 15) is 13.2 Å². The van der Waals surface area contributed by atoms with E-state index in [-0.39, 0.29) is 23.7 Å². The molecule has 1 saturated heterocycles. The van der Waals surface area contributed by atoms with Crippen LogP contribution in [0.3, 0.4) is 0 Å². The molecular weight excluding hydrogens is 389 g/mol. The third-order valence-corrected chi connectivity index (χ3v) is 5.31. The lowest BCUT2D eigenvalue weighted by molar-refractivity contribution is -0.144. The normalized spacial score (nSPS) is 21.1. The second-order valence-corrected chi connectivity index (χ2v) is 7.11. The number of rotatable bonds is 2. The minimum absolute atomic E-state index is 0.0272. The SMILES string of the molecule is FC(F)(F)c1n[nH]c(-c2nc3nc4c(cn3c2-c2c[nH]cn2)C2CCC(C4)O2)n1. The molecule has 0 aliphatic carbocycles. The molecule has 148 valence electrons. The molecule has 2 aliphatic heterocycles. The first-order valence-electron chi connectivity index (χ1n) is 9.04. The van der Waals surface area contributed by atoms with Crippen LogP contribution in [0.4, 0.5) is 13.2 Å². The summed E-state index contributed by atoms with van der Waals surface area (Å²) in [7, 11) is 0. The van der Waals surface area contributed by atoms with E-state index in [1.54, 1.807) is 10.6 Å². The third-order valence-electron chi connectivity index (χ3n) is 5.31. The molecule has 2 atom stereocenters. The van der Waals surface area contributed by atoms with Crippen molar-refractivity contribution >= 4 is 5.78 Å². The molecule has 6 heterocycles. The first-order valence-corrected chi connectivity index (χ1v) is 9.04. The van der Waals surface area contributed by atoms with Crippen LogP contribution in [0.5, 0.6) is 0 Å². The first-order chi connectivity index (χ1) is 14.0. The predicted octanol–water partition coefficient (Wildman–Crippen LogP) is 2.70. The van der Waals surface area contributed by atoms with Crippen LogP contribution >= 0.6 is 0 Å². The summed E-state index contributed by atoms with van der Waals surface area (Å²) >= 11 is 0. The average Bonchev–Trinajstić information content (AvgIpc) is 3.45. The van der Waals surface area contributed by atoms with Crippen LogP contribution in [0.25, 0.3) is 28.7 Å². The molecule has 0 aromatic carbocycles. The Bertz CT molecular complexity index is 1230. The molecule has 6 rings (SSSR count). The van der Waals surface area contributed by atoms with Gasteiger partial charge in [-0.2, -0.15) is 13.2 Å². The topological polar surface area (TPSA) is 110 Å². The molecule has 1 fully saturated rings. The summed E-state index contributed by atoms with van der Waals surface area (Å²) in [6.45, 7) is 0. The fourth-order valence-corrected chi connectivity index (χ4v) is 4.05. The number of hydrogen-bond acceptors (Lipinski definition) is 6. The molecule has 29 heavy (non-hydrogen) atoms. The second kappa shape index (κ2) is 5.63. The Hall–Kier alpha value is -3.28. The molecule has 4 aromatic heterocycles. The van der Waals surface area contributed by atoms with Gasteiger partial charge in [-0.25, -0.2) is 19.9 Å². The number of imidazole rings is 2. The summed E-state index contributed by atoms with van der Waals surface area (Å²) in [5, 5.41) is 5.63. The summed E-state index contributed by atoms with van der Waals surface area (Å²) < 4.78 is 46.6. The van der Waals surface area contributed by atoms with Crippen LogP contribution in [0.15, 0.2) is 18.7 Å². The van der Waals surface area contributed by atoms with Gasteiger partial charge in [0.25, 0.3) is 5.82 Å². The minimum Gasteiger partial charge on any atom is -0.370 e. The molecule has 9 nitrogen and oxygen atoms in total. The smallest absolute Gasteiger partial charge is 0.370 e. The van der Waals surface area contributed by atoms with Crippen molar-refractivity contribution in [1.29, 1.82) is 0 Å². The third kappa shape index (κ3) is 2.48. The summed E-state index contributed by atoms with van der Waals surface area (Å²) in [5.74, 6) is -0.991. The number of ether oxygens (including phenoxy) is 1. The van der Waals surface area contributed by atoms with Crippen molar-refractivity contribution in [1.82, 2.24) is 39.5 Å². The van der Waals surface area contributed by atoms with Gasteiger partial charge in [-0.3, -0.25) is 9.50 Å². The molecule has 4 aromatic rings. The van der Waals surface area contributed by atoms with Crippen molar-refractivity contribution in [3.05, 3.63) is 35.8 Å². The highest BCUT2D eigenvalue weighted by atomic mass is 19.4. The number of fused-ring (bicyclic) bond motifs is 5. The van der Waals surface area contributed by atoms with Crippen molar-refractivity contribution in [3.63, 3.8) is 0 Å². The molecule has 12 heteroatoms. The molecule has 2 N–H and O–H groups in total. The summed E-state index contributed by atoms with van der Waals surface area (Å²) in [5.41, 5.74) is 3.05. The average molecular weight is 402 g/mol. The van der Waals surface area contributed by atoms with Gasteiger partial charge in [0.1, 0.15) is 17.1 Å². The van der Waals surface area contributed by atoms with E-state index < -0.39 is 12.0 Å². The van der Waals surface area contributed by atoms with E-state index >= 15 is 0 Å². The molecular formula is C17H13F3N8O. The Morgan fingerprint density at radius 2 is 2.07 bits per heavy atom. The second-order valence-electron chi connectivity index (χ2n) is 7.11. The van der Waals surface area contributed by atoms with Crippen molar-refractivity contribution in [2.24, 2.45) is 0 Å². The number of aromatic nitrogens is 8. The summed E-state index contributed by atoms with van der Waals surface area (Å²) in [6.07, 6.45) is 3.08. The Labute approximate surface area is 160 Å². The number of halogens is 3. The zero-order valence-electron chi connectivity index (χ0n) is 14.7. The number of H-pyrrole nitrogens is 2. The predicted molar refractivity (Wildman–Crippen MR) is 91.5 cm³/mol. The largest absolute Gasteiger partial charge is 0.453 e. The number of hydrogen-bond donors (Lipinski definition) is 2. The Balaban J connectivity index is 1.59. The van der Waals surface area contributed by atoms with E-state index in [1.807, 2.05) is 6.20 Å². The standard InChI is InChI=1S/C17H13F3N8O/c18-17(19,20)15-25-14(26-27-15)12-13(10-4-21-6-22-10)28-5-8-9(23-16(28)24-12)3-7-1-2-11(8)29-7/h4-7,11H,1-3H2,(H,21,22)(H,25,26,27). The van der Waals surface area contributed by atoms with E-state index in [1.165, 1.54) is 6.33 Å². The Morgan fingerprint density at radius 1 is 1.17 bits per heavy atom. The maximum atomic E-state index is 13.0. The number of nitrogens with one attached hydrogen (secondary N) is 2. The van der Waals surface area contributed by atoms with Gasteiger partial charge >= 0.3 is 6.18 Å². The molecule has 0 radical (unpaired) electrons. The zero-order valence-corrected chi connectivity index (χ0v) is 14.7. The van der Waals surface area contributed by atoms with Gasteiger partial charge in [0, 0.05) is 24.4 Å². The minimum atomic E-state index is -4.66. The highest BCUT2D eigenvalue weighted by Gasteiger charge is 2.38. The van der Waals surface area contributed by atoms with Crippen molar-refractivity contribution in [2.75, 3.05) is 0 Å². The fourth-order valence-electron chi connectivity index (χ4n) is 4.05. The maximum absolute atomic E-state index is 13.0. The molecule has 2 aliphatic rings. The highest BCUT2D eigenvalue weighted by Crippen LogP contribution is 2.41. The van der Waals surface area contributed by atoms with E-state index in [4.69, 9.17) is 4.74 Å². The quantitative estimate of drug-likeness (QED) is 0.534. The lowest BCUT2D eigenvalue weighted by atomic mass is 10.1. The van der Waals surface area contributed by atoms with E-state index in [0.717, 1.165) is 24.1 Å². The highest BCUT2D eigenvalue weighted by molar-refractivity contribution is 5.76. The first kappa shape index (κ1) is 16.7. The van der Waals surface area contributed by atoms with Gasteiger partial charge in [0.05, 0.1) is 24.2 Å². The van der Waals surface area contributed by atoms with Gasteiger partial charge in [-0.15, -0.1) is 5.10 Å². The number of alkyl halides is 3. The van der Waals surface area contributed by atoms with Crippen LogP contribution in [-0.2, 0) is 17.3 Å². The zero-order chi connectivity index (χ0) is 19.8.